The zero-order chi connectivity index (χ0) is 24.2. The summed E-state index contributed by atoms with van der Waals surface area (Å²) < 4.78 is 11.9. The van der Waals surface area contributed by atoms with Gasteiger partial charge in [-0.2, -0.15) is 0 Å². The molecule has 0 radical (unpaired) electrons. The SMILES string of the molecule is COC1=C2N=C(NC(=O)c3cnc(N)nc3)N3CCCN=C3C2CC=C1OCCN1CCNCC1. The van der Waals surface area contributed by atoms with Gasteiger partial charge in [-0.3, -0.25) is 24.9 Å². The molecule has 3 aliphatic heterocycles. The van der Waals surface area contributed by atoms with Crippen molar-refractivity contribution in [2.45, 2.75) is 12.8 Å². The summed E-state index contributed by atoms with van der Waals surface area (Å²) in [6.45, 7) is 6.92. The number of anilines is 1. The lowest BCUT2D eigenvalue weighted by atomic mass is 9.91. The Morgan fingerprint density at radius 2 is 2.06 bits per heavy atom. The number of aliphatic imine (C=N–C) groups is 2. The molecule has 0 spiro atoms. The second kappa shape index (κ2) is 10.4. The number of guanidine groups is 1. The van der Waals surface area contributed by atoms with E-state index < -0.39 is 0 Å². The van der Waals surface area contributed by atoms with E-state index in [1.54, 1.807) is 7.11 Å². The number of nitrogens with zero attached hydrogens (tertiary/aromatic N) is 6. The van der Waals surface area contributed by atoms with E-state index in [1.807, 2.05) is 4.90 Å². The fraction of sp³-hybridized carbons (Fsp3) is 0.522. The van der Waals surface area contributed by atoms with Crippen molar-refractivity contribution < 1.29 is 14.3 Å². The third-order valence-electron chi connectivity index (χ3n) is 6.45. The predicted octanol–water partition coefficient (Wildman–Crippen LogP) is -0.0540. The molecule has 1 amide bonds. The summed E-state index contributed by atoms with van der Waals surface area (Å²) in [5, 5.41) is 6.27. The lowest BCUT2D eigenvalue weighted by Crippen LogP contribution is -2.54. The van der Waals surface area contributed by atoms with Gasteiger partial charge in [-0.1, -0.05) is 0 Å². The van der Waals surface area contributed by atoms with Crippen LogP contribution >= 0.6 is 0 Å². The molecule has 1 fully saturated rings. The number of ether oxygens (including phenoxy) is 2. The molecule has 1 aliphatic carbocycles. The van der Waals surface area contributed by atoms with Crippen LogP contribution in [0.2, 0.25) is 0 Å². The van der Waals surface area contributed by atoms with E-state index in [2.05, 4.69) is 31.6 Å². The highest BCUT2D eigenvalue weighted by Crippen LogP contribution is 2.37. The van der Waals surface area contributed by atoms with Crippen molar-refractivity contribution >= 4 is 23.7 Å². The highest BCUT2D eigenvalue weighted by atomic mass is 16.5. The first kappa shape index (κ1) is 23.2. The van der Waals surface area contributed by atoms with Crippen LogP contribution in [-0.4, -0.2) is 97.0 Å². The molecule has 5 rings (SSSR count). The van der Waals surface area contributed by atoms with Crippen LogP contribution < -0.4 is 16.4 Å². The van der Waals surface area contributed by atoms with E-state index >= 15 is 0 Å². The summed E-state index contributed by atoms with van der Waals surface area (Å²) >= 11 is 0. The van der Waals surface area contributed by atoms with Gasteiger partial charge in [0.15, 0.2) is 11.5 Å². The largest absolute Gasteiger partial charge is 0.491 e. The second-order valence-electron chi connectivity index (χ2n) is 8.68. The van der Waals surface area contributed by atoms with Crippen molar-refractivity contribution in [3.63, 3.8) is 0 Å². The number of aromatic nitrogens is 2. The van der Waals surface area contributed by atoms with Gasteiger partial charge in [0.25, 0.3) is 5.91 Å². The number of piperazine rings is 1. The molecule has 186 valence electrons. The van der Waals surface area contributed by atoms with E-state index in [9.17, 15) is 4.79 Å². The number of hydrogen-bond donors (Lipinski definition) is 3. The summed E-state index contributed by atoms with van der Waals surface area (Å²) in [5.41, 5.74) is 6.56. The molecule has 4 N–H and O–H groups in total. The highest BCUT2D eigenvalue weighted by Gasteiger charge is 2.39. The van der Waals surface area contributed by atoms with E-state index in [0.29, 0.717) is 41.8 Å². The van der Waals surface area contributed by atoms with Gasteiger partial charge in [-0.05, 0) is 18.9 Å². The Morgan fingerprint density at radius 3 is 2.83 bits per heavy atom. The fourth-order valence-corrected chi connectivity index (χ4v) is 4.65. The smallest absolute Gasteiger partial charge is 0.261 e. The van der Waals surface area contributed by atoms with Gasteiger partial charge in [0.05, 0.1) is 18.6 Å². The molecule has 1 unspecified atom stereocenters. The van der Waals surface area contributed by atoms with E-state index in [1.165, 1.54) is 12.4 Å². The number of amides is 1. The normalized spacial score (nSPS) is 22.4. The minimum atomic E-state index is -0.370. The molecule has 4 aliphatic rings. The predicted molar refractivity (Wildman–Crippen MR) is 130 cm³/mol. The molecular formula is C23H31N9O3. The molecular weight excluding hydrogens is 450 g/mol. The Kier molecular flexibility index (Phi) is 6.91. The summed E-state index contributed by atoms with van der Waals surface area (Å²) in [6, 6.07) is 0. The average Bonchev–Trinajstić information content (AvgIpc) is 2.89. The van der Waals surface area contributed by atoms with Crippen molar-refractivity contribution in [2.24, 2.45) is 15.9 Å². The second-order valence-corrected chi connectivity index (χ2v) is 8.68. The third-order valence-corrected chi connectivity index (χ3v) is 6.45. The number of fused-ring (bicyclic) bond motifs is 3. The van der Waals surface area contributed by atoms with Gasteiger partial charge in [0.1, 0.15) is 18.1 Å². The van der Waals surface area contributed by atoms with Crippen LogP contribution in [0.15, 0.2) is 45.7 Å². The summed E-state index contributed by atoms with van der Waals surface area (Å²) in [7, 11) is 1.62. The number of carbonyl (C=O) groups excluding carboxylic acids is 1. The summed E-state index contributed by atoms with van der Waals surface area (Å²) in [4.78, 5) is 34.7. The highest BCUT2D eigenvalue weighted by molar-refractivity contribution is 6.13. The zero-order valence-corrected chi connectivity index (χ0v) is 19.9. The Morgan fingerprint density at radius 1 is 1.26 bits per heavy atom. The first-order valence-electron chi connectivity index (χ1n) is 12.0. The monoisotopic (exact) mass is 481 g/mol. The van der Waals surface area contributed by atoms with E-state index in [4.69, 9.17) is 25.2 Å². The summed E-state index contributed by atoms with van der Waals surface area (Å²) in [6.07, 6.45) is 6.43. The Bertz CT molecular complexity index is 1070. The van der Waals surface area contributed by atoms with Gasteiger partial charge in [0, 0.05) is 58.2 Å². The average molecular weight is 482 g/mol. The molecule has 12 nitrogen and oxygen atoms in total. The number of rotatable bonds is 6. The lowest BCUT2D eigenvalue weighted by molar-refractivity contribution is 0.0972. The van der Waals surface area contributed by atoms with Crippen molar-refractivity contribution in [2.75, 3.05) is 65.3 Å². The number of allylic oxidation sites excluding steroid dienone is 1. The van der Waals surface area contributed by atoms with Gasteiger partial charge in [-0.25, -0.2) is 15.0 Å². The molecule has 4 heterocycles. The minimum absolute atomic E-state index is 0.0497. The molecule has 1 aromatic rings. The van der Waals surface area contributed by atoms with Crippen LogP contribution in [0, 0.1) is 5.92 Å². The topological polar surface area (TPSA) is 143 Å². The standard InChI is InChI=1S/C23H31N9O3/c1-34-19-17(35-12-11-31-9-6-25-7-10-31)4-3-16-18(19)29-23(32-8-2-5-26-20(16)32)30-21(33)15-13-27-22(24)28-14-15/h4,13-14,16,25H,2-3,5-12H2,1H3,(H2,24,27,28)(H,29,30,33). The zero-order valence-electron chi connectivity index (χ0n) is 19.9. The molecule has 12 heteroatoms. The van der Waals surface area contributed by atoms with Crippen molar-refractivity contribution in [3.05, 3.63) is 41.2 Å². The first-order valence-corrected chi connectivity index (χ1v) is 12.0. The Balaban J connectivity index is 1.38. The minimum Gasteiger partial charge on any atom is -0.491 e. The van der Waals surface area contributed by atoms with Crippen LogP contribution in [0.1, 0.15) is 23.2 Å². The number of hydrogen-bond acceptors (Lipinski definition) is 11. The third kappa shape index (κ3) is 4.98. The number of amidine groups is 1. The molecule has 1 aromatic heterocycles. The summed E-state index contributed by atoms with van der Waals surface area (Å²) in [5.74, 6) is 2.25. The maximum absolute atomic E-state index is 12.9. The fourth-order valence-electron chi connectivity index (χ4n) is 4.65. The van der Waals surface area contributed by atoms with Crippen molar-refractivity contribution in [1.29, 1.82) is 0 Å². The lowest BCUT2D eigenvalue weighted by Gasteiger charge is -2.39. The first-order chi connectivity index (χ1) is 17.1. The van der Waals surface area contributed by atoms with Gasteiger partial charge < -0.3 is 20.5 Å². The molecule has 1 atom stereocenters. The van der Waals surface area contributed by atoms with Crippen molar-refractivity contribution in [1.82, 2.24) is 30.4 Å². The maximum Gasteiger partial charge on any atom is 0.261 e. The molecule has 0 bridgehead atoms. The number of carbonyl (C=O) groups is 1. The van der Waals surface area contributed by atoms with Crippen LogP contribution in [-0.2, 0) is 9.47 Å². The number of nitrogen functional groups attached to an aromatic ring is 1. The quantitative estimate of drug-likeness (QED) is 0.509. The number of nitrogens with two attached hydrogens (primary N) is 1. The molecule has 1 saturated heterocycles. The maximum atomic E-state index is 12.9. The van der Waals surface area contributed by atoms with Crippen LogP contribution in [0.4, 0.5) is 5.95 Å². The van der Waals surface area contributed by atoms with Gasteiger partial charge in [-0.15, -0.1) is 0 Å². The molecule has 0 aromatic carbocycles. The van der Waals surface area contributed by atoms with Gasteiger partial charge in [0.2, 0.25) is 11.9 Å². The van der Waals surface area contributed by atoms with Crippen LogP contribution in [0.25, 0.3) is 0 Å². The van der Waals surface area contributed by atoms with E-state index in [-0.39, 0.29) is 17.8 Å². The molecule has 35 heavy (non-hydrogen) atoms. The number of methoxy groups -OCH3 is 1. The van der Waals surface area contributed by atoms with E-state index in [0.717, 1.165) is 58.1 Å². The number of nitrogens with one attached hydrogen (secondary N) is 2. The Labute approximate surface area is 204 Å². The van der Waals surface area contributed by atoms with Crippen LogP contribution in [0.5, 0.6) is 0 Å². The van der Waals surface area contributed by atoms with Crippen molar-refractivity contribution in [3.8, 4) is 0 Å². The van der Waals surface area contributed by atoms with Crippen LogP contribution in [0.3, 0.4) is 0 Å². The Hall–Kier alpha value is -3.51. The molecule has 0 saturated carbocycles. The van der Waals surface area contributed by atoms with Gasteiger partial charge >= 0.3 is 0 Å².